The van der Waals surface area contributed by atoms with Crippen molar-refractivity contribution in [2.45, 2.75) is 19.4 Å². The predicted molar refractivity (Wildman–Crippen MR) is 110 cm³/mol. The van der Waals surface area contributed by atoms with Crippen molar-refractivity contribution in [3.05, 3.63) is 70.9 Å². The fourth-order valence-corrected chi connectivity index (χ4v) is 3.92. The van der Waals surface area contributed by atoms with E-state index in [9.17, 15) is 9.59 Å². The molecule has 1 aliphatic rings. The van der Waals surface area contributed by atoms with Crippen molar-refractivity contribution < 1.29 is 9.59 Å². The van der Waals surface area contributed by atoms with Crippen molar-refractivity contribution >= 4 is 34.3 Å². The molecule has 1 atom stereocenters. The van der Waals surface area contributed by atoms with Crippen LogP contribution in [-0.4, -0.2) is 34.8 Å². The number of nitrogens with zero attached hydrogens (tertiary/aromatic N) is 1. The molecule has 0 aliphatic carbocycles. The van der Waals surface area contributed by atoms with Gasteiger partial charge in [0.05, 0.1) is 0 Å². The minimum absolute atomic E-state index is 0.0831. The van der Waals surface area contributed by atoms with Crippen LogP contribution in [0.15, 0.2) is 54.7 Å². The van der Waals surface area contributed by atoms with E-state index in [1.54, 1.807) is 4.90 Å². The van der Waals surface area contributed by atoms with Crippen LogP contribution in [0.3, 0.4) is 0 Å². The number of H-pyrrole nitrogens is 1. The summed E-state index contributed by atoms with van der Waals surface area (Å²) in [5.41, 5.74) is 3.20. The van der Waals surface area contributed by atoms with Gasteiger partial charge in [-0.25, -0.2) is 0 Å². The van der Waals surface area contributed by atoms with Crippen molar-refractivity contribution in [1.82, 2.24) is 15.2 Å². The second-order valence-corrected chi connectivity index (χ2v) is 7.57. The Bertz CT molecular complexity index is 999. The van der Waals surface area contributed by atoms with E-state index in [-0.39, 0.29) is 11.8 Å². The normalized spacial score (nSPS) is 16.7. The van der Waals surface area contributed by atoms with Crippen LogP contribution in [0.2, 0.25) is 5.02 Å². The first-order chi connectivity index (χ1) is 13.6. The lowest BCUT2D eigenvalue weighted by molar-refractivity contribution is -0.138. The molecule has 0 spiro atoms. The smallest absolute Gasteiger partial charge is 0.235 e. The Balaban J connectivity index is 1.31. The van der Waals surface area contributed by atoms with Gasteiger partial charge < -0.3 is 15.2 Å². The Labute approximate surface area is 168 Å². The van der Waals surface area contributed by atoms with E-state index >= 15 is 0 Å². The molecule has 0 radical (unpaired) electrons. The molecule has 2 aromatic carbocycles. The maximum absolute atomic E-state index is 12.6. The molecule has 3 aromatic rings. The summed E-state index contributed by atoms with van der Waals surface area (Å²) in [4.78, 5) is 30.1. The number of nitrogens with one attached hydrogen (secondary N) is 2. The van der Waals surface area contributed by atoms with Gasteiger partial charge >= 0.3 is 0 Å². The highest BCUT2D eigenvalue weighted by molar-refractivity contribution is 6.31. The SMILES string of the molecule is O=C(NCCc1c[nH]c2ccc(Cl)cc12)C1CCN(Cc2ccccc2)C1=O. The van der Waals surface area contributed by atoms with Gasteiger partial charge in [-0.15, -0.1) is 0 Å². The number of likely N-dealkylation sites (tertiary alicyclic amines) is 1. The monoisotopic (exact) mass is 395 g/mol. The summed E-state index contributed by atoms with van der Waals surface area (Å²) in [6, 6.07) is 15.6. The number of amides is 2. The number of benzene rings is 2. The highest BCUT2D eigenvalue weighted by Gasteiger charge is 2.36. The second-order valence-electron chi connectivity index (χ2n) is 7.13. The van der Waals surface area contributed by atoms with Gasteiger partial charge in [-0.1, -0.05) is 41.9 Å². The van der Waals surface area contributed by atoms with Crippen molar-refractivity contribution in [3.8, 4) is 0 Å². The van der Waals surface area contributed by atoms with Gasteiger partial charge in [0.25, 0.3) is 0 Å². The first-order valence-electron chi connectivity index (χ1n) is 9.48. The molecule has 1 unspecified atom stereocenters. The minimum Gasteiger partial charge on any atom is -0.361 e. The molecule has 0 saturated carbocycles. The average Bonchev–Trinajstić information content (AvgIpc) is 3.26. The van der Waals surface area contributed by atoms with Crippen molar-refractivity contribution in [2.24, 2.45) is 5.92 Å². The quantitative estimate of drug-likeness (QED) is 0.627. The summed E-state index contributed by atoms with van der Waals surface area (Å²) in [6.45, 7) is 1.66. The number of halogens is 1. The zero-order valence-corrected chi connectivity index (χ0v) is 16.2. The van der Waals surface area contributed by atoms with E-state index in [0.29, 0.717) is 37.5 Å². The molecule has 2 amide bonds. The van der Waals surface area contributed by atoms with Gasteiger partial charge in [0.1, 0.15) is 5.92 Å². The van der Waals surface area contributed by atoms with Crippen LogP contribution in [0.5, 0.6) is 0 Å². The van der Waals surface area contributed by atoms with Crippen LogP contribution >= 0.6 is 11.6 Å². The van der Waals surface area contributed by atoms with E-state index in [1.807, 2.05) is 54.7 Å². The molecule has 2 heterocycles. The first-order valence-corrected chi connectivity index (χ1v) is 9.85. The Morgan fingerprint density at radius 2 is 2.04 bits per heavy atom. The molecule has 1 fully saturated rings. The number of aromatic amines is 1. The van der Waals surface area contributed by atoms with E-state index in [2.05, 4.69) is 10.3 Å². The second kappa shape index (κ2) is 8.07. The third kappa shape index (κ3) is 3.90. The standard InChI is InChI=1S/C22H22ClN3O2/c23-17-6-7-20-19(12-17)16(13-25-20)8-10-24-21(27)18-9-11-26(22(18)28)14-15-4-2-1-3-5-15/h1-7,12-13,18,25H,8-11,14H2,(H,24,27). The summed E-state index contributed by atoms with van der Waals surface area (Å²) in [5.74, 6) is -0.847. The zero-order valence-electron chi connectivity index (χ0n) is 15.5. The summed E-state index contributed by atoms with van der Waals surface area (Å²) in [6.07, 6.45) is 3.19. The maximum Gasteiger partial charge on any atom is 0.235 e. The summed E-state index contributed by atoms with van der Waals surface area (Å²) in [5, 5.41) is 4.67. The minimum atomic E-state index is -0.582. The van der Waals surface area contributed by atoms with Crippen LogP contribution < -0.4 is 5.32 Å². The number of hydrogen-bond donors (Lipinski definition) is 2. The molecule has 1 aliphatic heterocycles. The number of fused-ring (bicyclic) bond motifs is 1. The number of aromatic nitrogens is 1. The van der Waals surface area contributed by atoms with Crippen LogP contribution in [-0.2, 0) is 22.6 Å². The highest BCUT2D eigenvalue weighted by atomic mass is 35.5. The number of rotatable bonds is 6. The third-order valence-electron chi connectivity index (χ3n) is 5.25. The number of carbonyl (C=O) groups excluding carboxylic acids is 2. The Morgan fingerprint density at radius 1 is 1.21 bits per heavy atom. The molecular formula is C22H22ClN3O2. The average molecular weight is 396 g/mol. The number of carbonyl (C=O) groups is 2. The molecule has 4 rings (SSSR count). The van der Waals surface area contributed by atoms with Gasteiger partial charge in [0, 0.05) is 41.8 Å². The van der Waals surface area contributed by atoms with Crippen LogP contribution in [0.1, 0.15) is 17.5 Å². The molecule has 5 nitrogen and oxygen atoms in total. The molecular weight excluding hydrogens is 374 g/mol. The van der Waals surface area contributed by atoms with Crippen LogP contribution in [0, 0.1) is 5.92 Å². The predicted octanol–water partition coefficient (Wildman–Crippen LogP) is 3.53. The van der Waals surface area contributed by atoms with Gasteiger partial charge in [-0.05, 0) is 42.2 Å². The lowest BCUT2D eigenvalue weighted by atomic mass is 10.1. The first kappa shape index (κ1) is 18.6. The largest absolute Gasteiger partial charge is 0.361 e. The third-order valence-corrected chi connectivity index (χ3v) is 5.49. The Morgan fingerprint density at radius 3 is 2.86 bits per heavy atom. The topological polar surface area (TPSA) is 65.2 Å². The maximum atomic E-state index is 12.6. The molecule has 28 heavy (non-hydrogen) atoms. The van der Waals surface area contributed by atoms with Crippen molar-refractivity contribution in [2.75, 3.05) is 13.1 Å². The van der Waals surface area contributed by atoms with E-state index in [4.69, 9.17) is 11.6 Å². The Hall–Kier alpha value is -2.79. The summed E-state index contributed by atoms with van der Waals surface area (Å²) in [7, 11) is 0. The summed E-state index contributed by atoms with van der Waals surface area (Å²) < 4.78 is 0. The highest BCUT2D eigenvalue weighted by Crippen LogP contribution is 2.23. The molecule has 1 saturated heterocycles. The van der Waals surface area contributed by atoms with Gasteiger partial charge in [-0.3, -0.25) is 9.59 Å². The molecule has 144 valence electrons. The lowest BCUT2D eigenvalue weighted by Crippen LogP contribution is -2.37. The summed E-state index contributed by atoms with van der Waals surface area (Å²) >= 11 is 6.08. The molecule has 6 heteroatoms. The fourth-order valence-electron chi connectivity index (χ4n) is 3.74. The fraction of sp³-hybridized carbons (Fsp3) is 0.273. The molecule has 1 aromatic heterocycles. The van der Waals surface area contributed by atoms with Gasteiger partial charge in [0.15, 0.2) is 0 Å². The van der Waals surface area contributed by atoms with Crippen LogP contribution in [0.4, 0.5) is 0 Å². The van der Waals surface area contributed by atoms with E-state index in [0.717, 1.165) is 22.0 Å². The van der Waals surface area contributed by atoms with Gasteiger partial charge in [-0.2, -0.15) is 0 Å². The lowest BCUT2D eigenvalue weighted by Gasteiger charge is -2.16. The Kier molecular flexibility index (Phi) is 5.35. The van der Waals surface area contributed by atoms with Gasteiger partial charge in [0.2, 0.25) is 11.8 Å². The van der Waals surface area contributed by atoms with Crippen LogP contribution in [0.25, 0.3) is 10.9 Å². The zero-order chi connectivity index (χ0) is 19.5. The molecule has 2 N–H and O–H groups in total. The van der Waals surface area contributed by atoms with Crippen molar-refractivity contribution in [1.29, 1.82) is 0 Å². The van der Waals surface area contributed by atoms with E-state index < -0.39 is 5.92 Å². The van der Waals surface area contributed by atoms with Crippen molar-refractivity contribution in [3.63, 3.8) is 0 Å². The van der Waals surface area contributed by atoms with E-state index in [1.165, 1.54) is 0 Å². The molecule has 0 bridgehead atoms. The number of hydrogen-bond acceptors (Lipinski definition) is 2.